The van der Waals surface area contributed by atoms with Gasteiger partial charge in [0.05, 0.1) is 12.5 Å². The topological polar surface area (TPSA) is 54.0 Å². The molecule has 20 heavy (non-hydrogen) atoms. The highest BCUT2D eigenvalue weighted by Crippen LogP contribution is 2.22. The van der Waals surface area contributed by atoms with E-state index in [0.29, 0.717) is 6.42 Å². The van der Waals surface area contributed by atoms with E-state index in [-0.39, 0.29) is 11.9 Å². The van der Waals surface area contributed by atoms with Crippen molar-refractivity contribution >= 4 is 11.6 Å². The van der Waals surface area contributed by atoms with Gasteiger partial charge in [0, 0.05) is 25.1 Å². The maximum Gasteiger partial charge on any atom is 0.224 e. The second-order valence-corrected chi connectivity index (χ2v) is 4.66. The van der Waals surface area contributed by atoms with Crippen molar-refractivity contribution in [1.82, 2.24) is 10.3 Å². The van der Waals surface area contributed by atoms with Crippen molar-refractivity contribution < 1.29 is 4.79 Å². The highest BCUT2D eigenvalue weighted by atomic mass is 16.1. The fourth-order valence-corrected chi connectivity index (χ4v) is 2.03. The zero-order valence-electron chi connectivity index (χ0n) is 11.8. The number of nitrogens with one attached hydrogen (secondary N) is 2. The van der Waals surface area contributed by atoms with E-state index in [1.165, 1.54) is 0 Å². The van der Waals surface area contributed by atoms with Crippen LogP contribution in [0.1, 0.15) is 24.1 Å². The van der Waals surface area contributed by atoms with Gasteiger partial charge in [0.2, 0.25) is 5.91 Å². The third kappa shape index (κ3) is 3.57. The van der Waals surface area contributed by atoms with Gasteiger partial charge in [0.25, 0.3) is 0 Å². The van der Waals surface area contributed by atoms with Crippen LogP contribution < -0.4 is 10.6 Å². The molecular formula is C16H19N3O. The quantitative estimate of drug-likeness (QED) is 0.877. The summed E-state index contributed by atoms with van der Waals surface area (Å²) in [7, 11) is 1.65. The molecule has 1 heterocycles. The number of carbonyl (C=O) groups is 1. The molecule has 1 atom stereocenters. The summed E-state index contributed by atoms with van der Waals surface area (Å²) in [6.45, 7) is 2.08. The second-order valence-electron chi connectivity index (χ2n) is 4.66. The molecule has 0 saturated carbocycles. The Balaban J connectivity index is 2.15. The molecule has 0 radical (unpaired) electrons. The molecule has 4 heteroatoms. The lowest BCUT2D eigenvalue weighted by atomic mass is 10.1. The summed E-state index contributed by atoms with van der Waals surface area (Å²) < 4.78 is 0. The van der Waals surface area contributed by atoms with E-state index in [0.717, 1.165) is 16.8 Å². The number of anilines is 1. The SMILES string of the molecule is CNC(=O)Cc1ccccc1NC(C)c1cccnc1. The summed E-state index contributed by atoms with van der Waals surface area (Å²) in [6.07, 6.45) is 3.98. The first-order chi connectivity index (χ1) is 9.70. The minimum absolute atomic E-state index is 0.00767. The van der Waals surface area contributed by atoms with E-state index in [4.69, 9.17) is 0 Å². The van der Waals surface area contributed by atoms with Gasteiger partial charge in [-0.2, -0.15) is 0 Å². The third-order valence-corrected chi connectivity index (χ3v) is 3.20. The predicted molar refractivity (Wildman–Crippen MR) is 80.5 cm³/mol. The maximum absolute atomic E-state index is 11.5. The van der Waals surface area contributed by atoms with Crippen molar-refractivity contribution in [1.29, 1.82) is 0 Å². The van der Waals surface area contributed by atoms with Crippen LogP contribution in [0.2, 0.25) is 0 Å². The fraction of sp³-hybridized carbons (Fsp3) is 0.250. The number of likely N-dealkylation sites (N-methyl/N-ethyl adjacent to an activating group) is 1. The molecule has 0 fully saturated rings. The van der Waals surface area contributed by atoms with Gasteiger partial charge in [-0.25, -0.2) is 0 Å². The highest BCUT2D eigenvalue weighted by Gasteiger charge is 2.10. The molecule has 2 N–H and O–H groups in total. The van der Waals surface area contributed by atoms with Crippen LogP contribution >= 0.6 is 0 Å². The van der Waals surface area contributed by atoms with Crippen LogP contribution in [0.25, 0.3) is 0 Å². The van der Waals surface area contributed by atoms with Crippen LogP contribution in [0.5, 0.6) is 0 Å². The number of benzene rings is 1. The Bertz CT molecular complexity index is 569. The van der Waals surface area contributed by atoms with Gasteiger partial charge in [-0.05, 0) is 30.2 Å². The second kappa shape index (κ2) is 6.70. The minimum Gasteiger partial charge on any atom is -0.378 e. The normalized spacial score (nSPS) is 11.7. The van der Waals surface area contributed by atoms with Gasteiger partial charge in [-0.15, -0.1) is 0 Å². The largest absolute Gasteiger partial charge is 0.378 e. The van der Waals surface area contributed by atoms with E-state index in [9.17, 15) is 4.79 Å². The summed E-state index contributed by atoms with van der Waals surface area (Å²) in [6, 6.07) is 12.0. The van der Waals surface area contributed by atoms with Crippen molar-refractivity contribution in [3.63, 3.8) is 0 Å². The number of nitrogens with zero attached hydrogens (tertiary/aromatic N) is 1. The highest BCUT2D eigenvalue weighted by molar-refractivity contribution is 5.80. The van der Waals surface area contributed by atoms with E-state index in [2.05, 4.69) is 22.5 Å². The van der Waals surface area contributed by atoms with Gasteiger partial charge >= 0.3 is 0 Å². The fourth-order valence-electron chi connectivity index (χ4n) is 2.03. The van der Waals surface area contributed by atoms with Gasteiger partial charge in [0.15, 0.2) is 0 Å². The summed E-state index contributed by atoms with van der Waals surface area (Å²) in [5.74, 6) is 0.00767. The first-order valence-corrected chi connectivity index (χ1v) is 6.65. The average Bonchev–Trinajstić information content (AvgIpc) is 2.50. The molecule has 0 aliphatic heterocycles. The Morgan fingerprint density at radius 1 is 1.25 bits per heavy atom. The van der Waals surface area contributed by atoms with Crippen molar-refractivity contribution in [3.8, 4) is 0 Å². The molecule has 1 unspecified atom stereocenters. The molecule has 4 nitrogen and oxygen atoms in total. The summed E-state index contributed by atoms with van der Waals surface area (Å²) in [4.78, 5) is 15.7. The summed E-state index contributed by atoms with van der Waals surface area (Å²) in [5, 5.41) is 6.09. The minimum atomic E-state index is 0.00767. The number of amides is 1. The van der Waals surface area contributed by atoms with Gasteiger partial charge < -0.3 is 10.6 Å². The Morgan fingerprint density at radius 3 is 2.75 bits per heavy atom. The lowest BCUT2D eigenvalue weighted by Crippen LogP contribution is -2.20. The van der Waals surface area contributed by atoms with Crippen LogP contribution in [-0.2, 0) is 11.2 Å². The number of hydrogen-bond donors (Lipinski definition) is 2. The van der Waals surface area contributed by atoms with Crippen molar-refractivity contribution in [3.05, 3.63) is 59.9 Å². The summed E-state index contributed by atoms with van der Waals surface area (Å²) in [5.41, 5.74) is 3.08. The van der Waals surface area contributed by atoms with Crippen LogP contribution in [0.4, 0.5) is 5.69 Å². The van der Waals surface area contributed by atoms with E-state index >= 15 is 0 Å². The van der Waals surface area contributed by atoms with Crippen LogP contribution in [0, 0.1) is 0 Å². The van der Waals surface area contributed by atoms with Crippen LogP contribution in [-0.4, -0.2) is 17.9 Å². The van der Waals surface area contributed by atoms with Crippen LogP contribution in [0.3, 0.4) is 0 Å². The molecule has 2 rings (SSSR count). The molecule has 0 saturated heterocycles. The predicted octanol–water partition coefficient (Wildman–Crippen LogP) is 2.54. The van der Waals surface area contributed by atoms with E-state index < -0.39 is 0 Å². The Hall–Kier alpha value is -2.36. The standard InChI is InChI=1S/C16H19N3O/c1-12(14-7-5-9-18-11-14)19-15-8-4-3-6-13(15)10-16(20)17-2/h3-9,11-12,19H,10H2,1-2H3,(H,17,20). The van der Waals surface area contributed by atoms with Gasteiger partial charge in [-0.3, -0.25) is 9.78 Å². The number of para-hydroxylation sites is 1. The van der Waals surface area contributed by atoms with Crippen molar-refractivity contribution in [2.75, 3.05) is 12.4 Å². The monoisotopic (exact) mass is 269 g/mol. The van der Waals surface area contributed by atoms with E-state index in [1.54, 1.807) is 13.2 Å². The molecule has 2 aromatic rings. The first kappa shape index (κ1) is 14.1. The molecule has 1 aromatic carbocycles. The maximum atomic E-state index is 11.5. The molecule has 0 aliphatic rings. The molecule has 0 bridgehead atoms. The number of pyridine rings is 1. The van der Waals surface area contributed by atoms with Crippen LogP contribution in [0.15, 0.2) is 48.8 Å². The number of hydrogen-bond acceptors (Lipinski definition) is 3. The lowest BCUT2D eigenvalue weighted by molar-refractivity contribution is -0.119. The molecule has 1 aromatic heterocycles. The van der Waals surface area contributed by atoms with E-state index in [1.807, 2.05) is 42.6 Å². The number of aromatic nitrogens is 1. The first-order valence-electron chi connectivity index (χ1n) is 6.65. The summed E-state index contributed by atoms with van der Waals surface area (Å²) >= 11 is 0. The van der Waals surface area contributed by atoms with Crippen molar-refractivity contribution in [2.24, 2.45) is 0 Å². The Labute approximate surface area is 119 Å². The smallest absolute Gasteiger partial charge is 0.224 e. The molecule has 0 aliphatic carbocycles. The number of carbonyl (C=O) groups excluding carboxylic acids is 1. The molecule has 104 valence electrons. The van der Waals surface area contributed by atoms with Crippen molar-refractivity contribution in [2.45, 2.75) is 19.4 Å². The third-order valence-electron chi connectivity index (χ3n) is 3.20. The van der Waals surface area contributed by atoms with Gasteiger partial charge in [0.1, 0.15) is 0 Å². The average molecular weight is 269 g/mol. The molecule has 0 spiro atoms. The van der Waals surface area contributed by atoms with Gasteiger partial charge in [-0.1, -0.05) is 24.3 Å². The number of rotatable bonds is 5. The molecule has 1 amide bonds. The zero-order valence-corrected chi connectivity index (χ0v) is 11.8. The lowest BCUT2D eigenvalue weighted by Gasteiger charge is -2.18. The Morgan fingerprint density at radius 2 is 2.05 bits per heavy atom. The Kier molecular flexibility index (Phi) is 4.71. The molecular weight excluding hydrogens is 250 g/mol. The zero-order chi connectivity index (χ0) is 14.4.